The number of hydrogen-bond donors (Lipinski definition) is 1. The number of methoxy groups -OCH3 is 2. The molecule has 0 spiro atoms. The van der Waals surface area contributed by atoms with Crippen molar-refractivity contribution in [1.82, 2.24) is 9.97 Å². The van der Waals surface area contributed by atoms with Crippen molar-refractivity contribution < 1.29 is 36.9 Å². The molecule has 278 valence electrons. The van der Waals surface area contributed by atoms with Crippen molar-refractivity contribution in [3.8, 4) is 11.5 Å². The molecule has 2 atom stereocenters. The van der Waals surface area contributed by atoms with Crippen molar-refractivity contribution in [2.45, 2.75) is 82.8 Å². The minimum Gasteiger partial charge on any atom is -0.497 e. The van der Waals surface area contributed by atoms with Gasteiger partial charge in [0.1, 0.15) is 17.3 Å². The maximum absolute atomic E-state index is 17.2. The zero-order valence-electron chi connectivity index (χ0n) is 30.0. The van der Waals surface area contributed by atoms with Gasteiger partial charge in [0.05, 0.1) is 49.5 Å². The zero-order chi connectivity index (χ0) is 37.2. The molecule has 2 aliphatic heterocycles. The number of hydrogen-bond acceptors (Lipinski definition) is 9. The third-order valence-corrected chi connectivity index (χ3v) is 10.3. The van der Waals surface area contributed by atoms with E-state index >= 15 is 4.39 Å². The second-order valence-corrected chi connectivity index (χ2v) is 14.8. The van der Waals surface area contributed by atoms with Gasteiger partial charge in [0.25, 0.3) is 0 Å². The molecule has 2 aliphatic rings. The number of anilines is 2. The fourth-order valence-corrected chi connectivity index (χ4v) is 7.69. The molecule has 6 rings (SSSR count). The lowest BCUT2D eigenvalue weighted by Crippen LogP contribution is -2.47. The molecule has 1 N–H and O–H groups in total. The molecule has 8 nitrogen and oxygen atoms in total. The molecule has 0 radical (unpaired) electrons. The van der Waals surface area contributed by atoms with E-state index in [1.165, 1.54) is 24.8 Å². The van der Waals surface area contributed by atoms with E-state index in [2.05, 4.69) is 0 Å². The first-order chi connectivity index (χ1) is 24.8. The summed E-state index contributed by atoms with van der Waals surface area (Å²) in [6.07, 6.45) is -4.79. The molecule has 0 saturated carbocycles. The van der Waals surface area contributed by atoms with E-state index in [-0.39, 0.29) is 37.4 Å². The maximum atomic E-state index is 17.2. The predicted molar refractivity (Wildman–Crippen MR) is 194 cm³/mol. The topological polar surface area (TPSA) is 80.2 Å². The average molecular weight is 741 g/mol. The Morgan fingerprint density at radius 3 is 2.17 bits per heavy atom. The third kappa shape index (κ3) is 8.26. The SMILES string of the molecule is CCSc1nc2c(c(N3CCCC(C)(O)C3)n1)COC(c1c(F)c(N(Cc3ccc(OC)cc3)Cc3ccc(OC)cc3)cc(C)c1C(F)(F)F)C2. The molecule has 2 unspecified atom stereocenters. The number of piperidine rings is 1. The summed E-state index contributed by atoms with van der Waals surface area (Å²) in [4.78, 5) is 13.3. The molecule has 52 heavy (non-hydrogen) atoms. The van der Waals surface area contributed by atoms with Crippen molar-refractivity contribution in [1.29, 1.82) is 0 Å². The highest BCUT2D eigenvalue weighted by atomic mass is 32.2. The number of halogens is 4. The number of rotatable bonds is 11. The van der Waals surface area contributed by atoms with Crippen LogP contribution in [0.1, 0.15) is 71.9 Å². The van der Waals surface area contributed by atoms with Crippen molar-refractivity contribution in [3.05, 3.63) is 99.5 Å². The Morgan fingerprint density at radius 1 is 1.02 bits per heavy atom. The lowest BCUT2D eigenvalue weighted by molar-refractivity contribution is -0.140. The number of ether oxygens (including phenoxy) is 3. The van der Waals surface area contributed by atoms with E-state index in [0.29, 0.717) is 59.0 Å². The minimum atomic E-state index is -4.85. The Morgan fingerprint density at radius 2 is 1.63 bits per heavy atom. The number of aliphatic hydroxyl groups is 1. The van der Waals surface area contributed by atoms with Gasteiger partial charge in [0.15, 0.2) is 11.0 Å². The van der Waals surface area contributed by atoms with Crippen LogP contribution in [0.5, 0.6) is 11.5 Å². The smallest absolute Gasteiger partial charge is 0.417 e. The summed E-state index contributed by atoms with van der Waals surface area (Å²) in [5.74, 6) is 1.60. The fraction of sp³-hybridized carbons (Fsp3) is 0.436. The van der Waals surface area contributed by atoms with Gasteiger partial charge < -0.3 is 29.1 Å². The van der Waals surface area contributed by atoms with Crippen LogP contribution in [0.25, 0.3) is 0 Å². The van der Waals surface area contributed by atoms with Crippen LogP contribution in [0.2, 0.25) is 0 Å². The number of fused-ring (bicyclic) bond motifs is 1. The predicted octanol–water partition coefficient (Wildman–Crippen LogP) is 8.44. The Hall–Kier alpha value is -4.07. The molecule has 13 heteroatoms. The number of benzene rings is 3. The third-order valence-electron chi connectivity index (χ3n) is 9.60. The Labute approximate surface area is 306 Å². The Kier molecular flexibility index (Phi) is 11.2. The highest BCUT2D eigenvalue weighted by molar-refractivity contribution is 7.99. The average Bonchev–Trinajstić information content (AvgIpc) is 3.11. The molecule has 4 aromatic rings. The number of nitrogens with zero attached hydrogens (tertiary/aromatic N) is 4. The van der Waals surface area contributed by atoms with Crippen molar-refractivity contribution in [2.75, 3.05) is 42.9 Å². The van der Waals surface area contributed by atoms with Crippen molar-refractivity contribution in [3.63, 3.8) is 0 Å². The zero-order valence-corrected chi connectivity index (χ0v) is 30.8. The quantitative estimate of drug-likeness (QED) is 0.0926. The van der Waals surface area contributed by atoms with Crippen LogP contribution >= 0.6 is 11.8 Å². The van der Waals surface area contributed by atoms with Gasteiger partial charge in [-0.2, -0.15) is 13.2 Å². The molecule has 3 aromatic carbocycles. The largest absolute Gasteiger partial charge is 0.497 e. The van der Waals surface area contributed by atoms with Crippen molar-refractivity contribution in [2.24, 2.45) is 0 Å². The summed E-state index contributed by atoms with van der Waals surface area (Å²) in [6.45, 7) is 6.43. The van der Waals surface area contributed by atoms with Crippen LogP contribution in [0.4, 0.5) is 29.1 Å². The van der Waals surface area contributed by atoms with Gasteiger partial charge in [-0.1, -0.05) is 43.0 Å². The first-order valence-corrected chi connectivity index (χ1v) is 18.3. The molecule has 0 bridgehead atoms. The Balaban J connectivity index is 1.44. The van der Waals surface area contributed by atoms with Crippen LogP contribution in [0, 0.1) is 12.7 Å². The van der Waals surface area contributed by atoms with Crippen molar-refractivity contribution >= 4 is 23.3 Å². The number of thioether (sulfide) groups is 1. The van der Waals surface area contributed by atoms with Gasteiger partial charge in [-0.3, -0.25) is 0 Å². The molecule has 1 aromatic heterocycles. The first-order valence-electron chi connectivity index (χ1n) is 17.3. The molecular weight excluding hydrogens is 697 g/mol. The summed E-state index contributed by atoms with van der Waals surface area (Å²) < 4.78 is 78.8. The molecule has 0 amide bonds. The molecule has 1 saturated heterocycles. The first kappa shape index (κ1) is 37.7. The van der Waals surface area contributed by atoms with Crippen LogP contribution in [0.3, 0.4) is 0 Å². The summed E-state index contributed by atoms with van der Waals surface area (Å²) in [5, 5.41) is 11.3. The van der Waals surface area contributed by atoms with Gasteiger partial charge >= 0.3 is 6.18 Å². The minimum absolute atomic E-state index is 0.0303. The van der Waals surface area contributed by atoms with Crippen LogP contribution in [-0.4, -0.2) is 53.7 Å². The van der Waals surface area contributed by atoms with Gasteiger partial charge in [-0.05, 0) is 79.5 Å². The van der Waals surface area contributed by atoms with Crippen LogP contribution < -0.4 is 19.3 Å². The highest BCUT2D eigenvalue weighted by Crippen LogP contribution is 2.46. The van der Waals surface area contributed by atoms with Gasteiger partial charge in [0.2, 0.25) is 0 Å². The van der Waals surface area contributed by atoms with E-state index in [0.717, 1.165) is 17.5 Å². The summed E-state index contributed by atoms with van der Waals surface area (Å²) in [6, 6.07) is 15.8. The second kappa shape index (κ2) is 15.5. The number of aromatic nitrogens is 2. The maximum Gasteiger partial charge on any atom is 0.417 e. The van der Waals surface area contributed by atoms with E-state index < -0.39 is 34.8 Å². The fourth-order valence-electron chi connectivity index (χ4n) is 7.11. The number of aryl methyl sites for hydroxylation is 1. The second-order valence-electron chi connectivity index (χ2n) is 13.6. The molecule has 3 heterocycles. The molecule has 0 aliphatic carbocycles. The standard InChI is InChI=1S/C39H44F4N4O4S/c1-6-52-37-44-30-19-32(51-22-29(30)36(45-37)46-17-7-16-38(3,48)23-46)33-34(39(41,42)43)24(2)18-31(35(33)40)47(20-25-8-12-27(49-4)13-9-25)21-26-10-14-28(50-5)15-11-26/h8-15,18,32,48H,6-7,16-17,19-23H2,1-5H3. The summed E-state index contributed by atoms with van der Waals surface area (Å²) in [5.41, 5.74) is 0.233. The van der Waals surface area contributed by atoms with E-state index in [4.69, 9.17) is 24.2 Å². The van der Waals surface area contributed by atoms with E-state index in [1.807, 2.05) is 36.1 Å². The molecular formula is C39H44F4N4O4S. The molecule has 1 fully saturated rings. The van der Waals surface area contributed by atoms with Gasteiger partial charge in [0, 0.05) is 43.7 Å². The monoisotopic (exact) mass is 740 g/mol. The Bertz CT molecular complexity index is 1820. The van der Waals surface area contributed by atoms with E-state index in [9.17, 15) is 18.3 Å². The van der Waals surface area contributed by atoms with Crippen LogP contribution in [0.15, 0.2) is 59.8 Å². The number of β-amino-alcohol motifs (C(OH)–C–C–N with tert-alkyl or cyclic N) is 1. The van der Waals surface area contributed by atoms with Gasteiger partial charge in [-0.15, -0.1) is 0 Å². The summed E-state index contributed by atoms with van der Waals surface area (Å²) >= 11 is 1.42. The van der Waals surface area contributed by atoms with Gasteiger partial charge in [-0.25, -0.2) is 14.4 Å². The lowest BCUT2D eigenvalue weighted by Gasteiger charge is -2.39. The highest BCUT2D eigenvalue weighted by Gasteiger charge is 2.42. The number of alkyl halides is 3. The van der Waals surface area contributed by atoms with E-state index in [1.54, 1.807) is 50.3 Å². The normalized spacial score (nSPS) is 19.0. The summed E-state index contributed by atoms with van der Waals surface area (Å²) in [7, 11) is 3.13. The van der Waals surface area contributed by atoms with Crippen LogP contribution in [-0.2, 0) is 37.0 Å². The lowest BCUT2D eigenvalue weighted by atomic mass is 9.90.